The van der Waals surface area contributed by atoms with Crippen LogP contribution >= 0.6 is 0 Å². The minimum absolute atomic E-state index is 0.106. The summed E-state index contributed by atoms with van der Waals surface area (Å²) in [6.07, 6.45) is 4.19. The van der Waals surface area contributed by atoms with Crippen LogP contribution in [0.3, 0.4) is 0 Å². The SMILES string of the molecule is CCC(NC(=O)c1ccc(N)cc1)c1ncc[nH]1. The van der Waals surface area contributed by atoms with Crippen molar-refractivity contribution in [3.63, 3.8) is 0 Å². The van der Waals surface area contributed by atoms with Gasteiger partial charge in [0.05, 0.1) is 6.04 Å². The van der Waals surface area contributed by atoms with Crippen molar-refractivity contribution in [1.82, 2.24) is 15.3 Å². The zero-order valence-electron chi connectivity index (χ0n) is 10.2. The number of aromatic nitrogens is 2. The van der Waals surface area contributed by atoms with E-state index in [2.05, 4.69) is 15.3 Å². The van der Waals surface area contributed by atoms with E-state index in [4.69, 9.17) is 5.73 Å². The van der Waals surface area contributed by atoms with Gasteiger partial charge in [0, 0.05) is 23.6 Å². The Hall–Kier alpha value is -2.30. The Morgan fingerprint density at radius 1 is 1.44 bits per heavy atom. The summed E-state index contributed by atoms with van der Waals surface area (Å²) in [7, 11) is 0. The summed E-state index contributed by atoms with van der Waals surface area (Å²) in [4.78, 5) is 19.2. The molecule has 0 aliphatic carbocycles. The molecule has 1 aromatic heterocycles. The lowest BCUT2D eigenvalue weighted by atomic mass is 10.1. The van der Waals surface area contributed by atoms with Gasteiger partial charge in [-0.25, -0.2) is 4.98 Å². The molecule has 0 radical (unpaired) electrons. The van der Waals surface area contributed by atoms with E-state index in [1.165, 1.54) is 0 Å². The Kier molecular flexibility index (Phi) is 3.62. The molecule has 1 atom stereocenters. The van der Waals surface area contributed by atoms with E-state index in [1.807, 2.05) is 6.92 Å². The number of nitrogens with zero attached hydrogens (tertiary/aromatic N) is 1. The Labute approximate surface area is 105 Å². The van der Waals surface area contributed by atoms with E-state index in [0.29, 0.717) is 11.3 Å². The molecule has 0 fully saturated rings. The number of hydrogen-bond donors (Lipinski definition) is 3. The molecule has 94 valence electrons. The average molecular weight is 244 g/mol. The third-order valence-corrected chi connectivity index (χ3v) is 2.74. The third kappa shape index (κ3) is 2.68. The molecular formula is C13H16N4O. The standard InChI is InChI=1S/C13H16N4O/c1-2-11(12-15-7-8-16-12)17-13(18)9-3-5-10(14)6-4-9/h3-8,11H,2,14H2,1H3,(H,15,16)(H,17,18). The summed E-state index contributed by atoms with van der Waals surface area (Å²) in [5, 5.41) is 2.93. The van der Waals surface area contributed by atoms with Crippen molar-refractivity contribution in [3.05, 3.63) is 48.0 Å². The summed E-state index contributed by atoms with van der Waals surface area (Å²) in [5.74, 6) is 0.638. The van der Waals surface area contributed by atoms with Crippen molar-refractivity contribution in [2.45, 2.75) is 19.4 Å². The normalized spacial score (nSPS) is 12.1. The average Bonchev–Trinajstić information content (AvgIpc) is 2.90. The lowest BCUT2D eigenvalue weighted by molar-refractivity contribution is 0.0934. The number of imidazole rings is 1. The van der Waals surface area contributed by atoms with Gasteiger partial charge in [-0.3, -0.25) is 4.79 Å². The molecular weight excluding hydrogens is 228 g/mol. The van der Waals surface area contributed by atoms with E-state index < -0.39 is 0 Å². The van der Waals surface area contributed by atoms with E-state index in [0.717, 1.165) is 12.2 Å². The van der Waals surface area contributed by atoms with Crippen molar-refractivity contribution >= 4 is 11.6 Å². The van der Waals surface area contributed by atoms with Crippen LogP contribution in [0.15, 0.2) is 36.7 Å². The predicted octanol–water partition coefficient (Wildman–Crippen LogP) is 1.87. The van der Waals surface area contributed by atoms with Crippen LogP contribution in [0.1, 0.15) is 35.6 Å². The van der Waals surface area contributed by atoms with Crippen LogP contribution in [0.25, 0.3) is 0 Å². The second-order valence-corrected chi connectivity index (χ2v) is 4.03. The lowest BCUT2D eigenvalue weighted by Gasteiger charge is -2.14. The molecule has 1 heterocycles. The minimum Gasteiger partial charge on any atom is -0.399 e. The van der Waals surface area contributed by atoms with Gasteiger partial charge in [-0.05, 0) is 30.7 Å². The van der Waals surface area contributed by atoms with Crippen molar-refractivity contribution in [2.24, 2.45) is 0 Å². The number of hydrogen-bond acceptors (Lipinski definition) is 3. The second-order valence-electron chi connectivity index (χ2n) is 4.03. The molecule has 1 amide bonds. The summed E-state index contributed by atoms with van der Waals surface area (Å²) in [5.41, 5.74) is 6.82. The van der Waals surface area contributed by atoms with Gasteiger partial charge in [-0.15, -0.1) is 0 Å². The summed E-state index contributed by atoms with van der Waals surface area (Å²) < 4.78 is 0. The minimum atomic E-state index is -0.127. The molecule has 1 unspecified atom stereocenters. The van der Waals surface area contributed by atoms with Crippen LogP contribution < -0.4 is 11.1 Å². The molecule has 5 heteroatoms. The monoisotopic (exact) mass is 244 g/mol. The molecule has 0 spiro atoms. The fourth-order valence-corrected chi connectivity index (χ4v) is 1.71. The first-order valence-electron chi connectivity index (χ1n) is 5.86. The number of nitrogens with two attached hydrogens (primary N) is 1. The number of H-pyrrole nitrogens is 1. The first kappa shape index (κ1) is 12.2. The van der Waals surface area contributed by atoms with Crippen LogP contribution in [0, 0.1) is 0 Å². The fraction of sp³-hybridized carbons (Fsp3) is 0.231. The number of nitrogens with one attached hydrogen (secondary N) is 2. The molecule has 0 aliphatic rings. The molecule has 0 bridgehead atoms. The van der Waals surface area contributed by atoms with Crippen LogP contribution in [-0.4, -0.2) is 15.9 Å². The van der Waals surface area contributed by atoms with Crippen LogP contribution in [0.4, 0.5) is 5.69 Å². The molecule has 18 heavy (non-hydrogen) atoms. The topological polar surface area (TPSA) is 83.8 Å². The van der Waals surface area contributed by atoms with Crippen LogP contribution in [0.5, 0.6) is 0 Å². The number of benzene rings is 1. The highest BCUT2D eigenvalue weighted by Gasteiger charge is 2.15. The maximum Gasteiger partial charge on any atom is 0.251 e. The molecule has 5 nitrogen and oxygen atoms in total. The van der Waals surface area contributed by atoms with E-state index in [-0.39, 0.29) is 11.9 Å². The van der Waals surface area contributed by atoms with Gasteiger partial charge >= 0.3 is 0 Å². The highest BCUT2D eigenvalue weighted by Crippen LogP contribution is 2.13. The quantitative estimate of drug-likeness (QED) is 0.718. The zero-order valence-corrected chi connectivity index (χ0v) is 10.2. The lowest BCUT2D eigenvalue weighted by Crippen LogP contribution is -2.28. The summed E-state index contributed by atoms with van der Waals surface area (Å²) in [6, 6.07) is 6.73. The first-order chi connectivity index (χ1) is 8.70. The molecule has 2 aromatic rings. The highest BCUT2D eigenvalue weighted by atomic mass is 16.1. The number of amides is 1. The van der Waals surface area contributed by atoms with Gasteiger partial charge in [0.25, 0.3) is 5.91 Å². The Morgan fingerprint density at radius 3 is 2.72 bits per heavy atom. The van der Waals surface area contributed by atoms with Crippen molar-refractivity contribution < 1.29 is 4.79 Å². The summed E-state index contributed by atoms with van der Waals surface area (Å²) >= 11 is 0. The molecule has 1 aromatic carbocycles. The third-order valence-electron chi connectivity index (χ3n) is 2.74. The van der Waals surface area contributed by atoms with Crippen molar-refractivity contribution in [3.8, 4) is 0 Å². The van der Waals surface area contributed by atoms with E-state index in [1.54, 1.807) is 36.7 Å². The largest absolute Gasteiger partial charge is 0.399 e. The van der Waals surface area contributed by atoms with Gasteiger partial charge in [-0.1, -0.05) is 6.92 Å². The van der Waals surface area contributed by atoms with Crippen molar-refractivity contribution in [2.75, 3.05) is 5.73 Å². The molecule has 0 saturated carbocycles. The Bertz CT molecular complexity index is 504. The molecule has 4 N–H and O–H groups in total. The number of aromatic amines is 1. The van der Waals surface area contributed by atoms with E-state index in [9.17, 15) is 4.79 Å². The zero-order chi connectivity index (χ0) is 13.0. The molecule has 2 rings (SSSR count). The first-order valence-corrected chi connectivity index (χ1v) is 5.86. The Balaban J connectivity index is 2.08. The maximum absolute atomic E-state index is 12.0. The highest BCUT2D eigenvalue weighted by molar-refractivity contribution is 5.94. The van der Waals surface area contributed by atoms with Gasteiger partial charge in [-0.2, -0.15) is 0 Å². The summed E-state index contributed by atoms with van der Waals surface area (Å²) in [6.45, 7) is 2.00. The van der Waals surface area contributed by atoms with Crippen molar-refractivity contribution in [1.29, 1.82) is 0 Å². The number of carbonyl (C=O) groups excluding carboxylic acids is 1. The Morgan fingerprint density at radius 2 is 2.17 bits per heavy atom. The van der Waals surface area contributed by atoms with Gasteiger partial charge in [0.15, 0.2) is 0 Å². The van der Waals surface area contributed by atoms with Gasteiger partial charge < -0.3 is 16.0 Å². The van der Waals surface area contributed by atoms with Gasteiger partial charge in [0.1, 0.15) is 5.82 Å². The number of rotatable bonds is 4. The van der Waals surface area contributed by atoms with E-state index >= 15 is 0 Å². The van der Waals surface area contributed by atoms with Crippen LogP contribution in [0.2, 0.25) is 0 Å². The number of nitrogen functional groups attached to an aromatic ring is 1. The number of carbonyl (C=O) groups is 1. The molecule has 0 aliphatic heterocycles. The predicted molar refractivity (Wildman–Crippen MR) is 69.9 cm³/mol. The van der Waals surface area contributed by atoms with Crippen LogP contribution in [-0.2, 0) is 0 Å². The smallest absolute Gasteiger partial charge is 0.251 e. The fourth-order valence-electron chi connectivity index (χ4n) is 1.71. The number of anilines is 1. The second kappa shape index (κ2) is 5.35. The molecule has 0 saturated heterocycles. The maximum atomic E-state index is 12.0. The van der Waals surface area contributed by atoms with Gasteiger partial charge in [0.2, 0.25) is 0 Å².